The lowest BCUT2D eigenvalue weighted by atomic mass is 9.93. The van der Waals surface area contributed by atoms with Gasteiger partial charge in [-0.25, -0.2) is 9.79 Å². The Labute approximate surface area is 141 Å². The summed E-state index contributed by atoms with van der Waals surface area (Å²) in [7, 11) is 0. The van der Waals surface area contributed by atoms with Gasteiger partial charge in [-0.2, -0.15) is 0 Å². The van der Waals surface area contributed by atoms with Crippen LogP contribution in [-0.4, -0.2) is 30.7 Å². The normalized spacial score (nSPS) is 18.3. The van der Waals surface area contributed by atoms with Gasteiger partial charge in [0.25, 0.3) is 0 Å². The Morgan fingerprint density at radius 3 is 2.83 bits per heavy atom. The molecule has 124 valence electrons. The summed E-state index contributed by atoms with van der Waals surface area (Å²) < 4.78 is 5.36. The van der Waals surface area contributed by atoms with E-state index in [1.54, 1.807) is 18.6 Å². The molecule has 3 aliphatic rings. The lowest BCUT2D eigenvalue weighted by molar-refractivity contribution is -0.135. The number of fused-ring (bicyclic) bond motifs is 1. The molecule has 0 aromatic heterocycles. The van der Waals surface area contributed by atoms with Crippen LogP contribution < -0.4 is 0 Å². The number of carbonyl (C=O) groups is 1. The quantitative estimate of drug-likeness (QED) is 0.552. The molecule has 0 amide bonds. The van der Waals surface area contributed by atoms with Gasteiger partial charge >= 0.3 is 5.97 Å². The summed E-state index contributed by atoms with van der Waals surface area (Å²) in [6.45, 7) is 2.60. The van der Waals surface area contributed by atoms with Crippen molar-refractivity contribution in [2.75, 3.05) is 6.61 Å². The first-order chi connectivity index (χ1) is 11.8. The molecule has 0 atom stereocenters. The molecule has 2 heterocycles. The van der Waals surface area contributed by atoms with Gasteiger partial charge in [-0.15, -0.1) is 0 Å². The van der Waals surface area contributed by atoms with E-state index in [0.717, 1.165) is 41.8 Å². The maximum absolute atomic E-state index is 12.3. The summed E-state index contributed by atoms with van der Waals surface area (Å²) in [6, 6.07) is 0. The molecular weight excluding hydrogens is 302 g/mol. The molecule has 0 spiro atoms. The van der Waals surface area contributed by atoms with Crippen molar-refractivity contribution in [3.05, 3.63) is 47.0 Å². The van der Waals surface area contributed by atoms with Gasteiger partial charge in [-0.05, 0) is 30.2 Å². The van der Waals surface area contributed by atoms with Crippen LogP contribution in [-0.2, 0) is 9.53 Å². The molecule has 3 rings (SSSR count). The fourth-order valence-corrected chi connectivity index (χ4v) is 2.73. The maximum atomic E-state index is 12.3. The molecule has 0 N–H and O–H groups in total. The number of carbonyl (C=O) groups excluding carboxylic acids is 1. The van der Waals surface area contributed by atoms with Crippen LogP contribution in [0.5, 0.6) is 0 Å². The van der Waals surface area contributed by atoms with Crippen LogP contribution in [0.2, 0.25) is 0 Å². The molecule has 0 aromatic rings. The van der Waals surface area contributed by atoms with E-state index < -0.39 is 0 Å². The number of hydrogen-bond acceptors (Lipinski definition) is 5. The molecule has 5 nitrogen and oxygen atoms in total. The maximum Gasteiger partial charge on any atom is 0.357 e. The van der Waals surface area contributed by atoms with Gasteiger partial charge in [-0.3, -0.25) is 9.98 Å². The van der Waals surface area contributed by atoms with E-state index in [-0.39, 0.29) is 5.97 Å². The number of rotatable bonds is 6. The van der Waals surface area contributed by atoms with Crippen molar-refractivity contribution in [3.63, 3.8) is 0 Å². The average molecular weight is 323 g/mol. The van der Waals surface area contributed by atoms with Crippen molar-refractivity contribution in [2.24, 2.45) is 15.0 Å². The molecule has 0 saturated heterocycles. The van der Waals surface area contributed by atoms with Crippen LogP contribution in [0.4, 0.5) is 0 Å². The number of hydrogen-bond donors (Lipinski definition) is 0. The third-order valence-corrected chi connectivity index (χ3v) is 4.04. The van der Waals surface area contributed by atoms with E-state index in [9.17, 15) is 4.79 Å². The van der Waals surface area contributed by atoms with Crippen LogP contribution >= 0.6 is 0 Å². The second-order valence-corrected chi connectivity index (χ2v) is 5.84. The molecule has 2 aliphatic heterocycles. The van der Waals surface area contributed by atoms with Crippen molar-refractivity contribution >= 4 is 24.1 Å². The van der Waals surface area contributed by atoms with Crippen molar-refractivity contribution < 1.29 is 9.53 Å². The monoisotopic (exact) mass is 323 g/mol. The van der Waals surface area contributed by atoms with Crippen molar-refractivity contribution in [2.45, 2.75) is 39.0 Å². The van der Waals surface area contributed by atoms with Crippen LogP contribution in [0, 0.1) is 0 Å². The molecule has 24 heavy (non-hydrogen) atoms. The van der Waals surface area contributed by atoms with Crippen LogP contribution in [0.25, 0.3) is 0 Å². The summed E-state index contributed by atoms with van der Waals surface area (Å²) in [5, 5.41) is 0. The summed E-state index contributed by atoms with van der Waals surface area (Å²) in [5.41, 5.74) is 3.83. The minimum absolute atomic E-state index is 0.355. The molecule has 0 fully saturated rings. The number of allylic oxidation sites excluding steroid dienone is 4. The lowest BCUT2D eigenvalue weighted by Crippen LogP contribution is -2.20. The lowest BCUT2D eigenvalue weighted by Gasteiger charge is -2.16. The van der Waals surface area contributed by atoms with Crippen molar-refractivity contribution in [1.29, 1.82) is 0 Å². The van der Waals surface area contributed by atoms with Crippen LogP contribution in [0.3, 0.4) is 0 Å². The van der Waals surface area contributed by atoms with Crippen LogP contribution in [0.15, 0.2) is 61.9 Å². The Balaban J connectivity index is 1.68. The van der Waals surface area contributed by atoms with E-state index in [0.29, 0.717) is 18.7 Å². The minimum Gasteiger partial charge on any atom is -0.461 e. The highest BCUT2D eigenvalue weighted by molar-refractivity contribution is 6.45. The third-order valence-electron chi connectivity index (χ3n) is 4.04. The van der Waals surface area contributed by atoms with E-state index >= 15 is 0 Å². The zero-order valence-corrected chi connectivity index (χ0v) is 13.9. The number of ether oxygens (including phenoxy) is 1. The Kier molecular flexibility index (Phi) is 5.31. The topological polar surface area (TPSA) is 63.4 Å². The first-order valence-electron chi connectivity index (χ1n) is 8.42. The van der Waals surface area contributed by atoms with Gasteiger partial charge < -0.3 is 4.74 Å². The summed E-state index contributed by atoms with van der Waals surface area (Å²) >= 11 is 0. The van der Waals surface area contributed by atoms with Gasteiger partial charge in [0.1, 0.15) is 0 Å². The van der Waals surface area contributed by atoms with E-state index in [1.807, 2.05) is 18.2 Å². The number of nitrogens with zero attached hydrogens (tertiary/aromatic N) is 3. The number of esters is 1. The summed E-state index contributed by atoms with van der Waals surface area (Å²) in [4.78, 5) is 25.4. The largest absolute Gasteiger partial charge is 0.461 e. The molecule has 1 aliphatic carbocycles. The number of aliphatic imine (C=N–C) groups is 3. The van der Waals surface area contributed by atoms with Crippen molar-refractivity contribution in [1.82, 2.24) is 0 Å². The Hall–Kier alpha value is -2.56. The van der Waals surface area contributed by atoms with E-state index in [4.69, 9.17) is 4.74 Å². The summed E-state index contributed by atoms with van der Waals surface area (Å²) in [6.07, 6.45) is 15.7. The van der Waals surface area contributed by atoms with Crippen molar-refractivity contribution in [3.8, 4) is 0 Å². The zero-order chi connectivity index (χ0) is 16.8. The predicted octanol–water partition coefficient (Wildman–Crippen LogP) is 3.70. The molecule has 5 heteroatoms. The Morgan fingerprint density at radius 1 is 1.17 bits per heavy atom. The van der Waals surface area contributed by atoms with Gasteiger partial charge in [0, 0.05) is 30.6 Å². The van der Waals surface area contributed by atoms with E-state index in [2.05, 4.69) is 21.9 Å². The zero-order valence-electron chi connectivity index (χ0n) is 13.9. The Bertz CT molecular complexity index is 734. The number of unbranched alkanes of at least 4 members (excludes halogenated alkanes) is 3. The molecule has 0 aromatic carbocycles. The second-order valence-electron chi connectivity index (χ2n) is 5.84. The second kappa shape index (κ2) is 7.81. The van der Waals surface area contributed by atoms with Gasteiger partial charge in [0.05, 0.1) is 18.0 Å². The van der Waals surface area contributed by atoms with Gasteiger partial charge in [-0.1, -0.05) is 26.2 Å². The first-order valence-corrected chi connectivity index (χ1v) is 8.42. The van der Waals surface area contributed by atoms with Gasteiger partial charge in [0.2, 0.25) is 0 Å². The highest BCUT2D eigenvalue weighted by atomic mass is 16.5. The fourth-order valence-electron chi connectivity index (χ4n) is 2.73. The fraction of sp³-hybridized carbons (Fsp3) is 0.368. The predicted molar refractivity (Wildman–Crippen MR) is 96.5 cm³/mol. The van der Waals surface area contributed by atoms with E-state index in [1.165, 1.54) is 6.42 Å². The molecule has 0 unspecified atom stereocenters. The molecule has 0 saturated carbocycles. The molecule has 0 radical (unpaired) electrons. The highest BCUT2D eigenvalue weighted by Gasteiger charge is 2.29. The smallest absolute Gasteiger partial charge is 0.357 e. The van der Waals surface area contributed by atoms with Crippen LogP contribution in [0.1, 0.15) is 39.0 Å². The molecule has 0 bridgehead atoms. The average Bonchev–Trinajstić information content (AvgIpc) is 2.97. The third kappa shape index (κ3) is 3.67. The SMILES string of the molecule is CCCCCCOC(=O)C1=NC=C2CC3=C(C=C21)N=CC=CC=N3. The molecular formula is C19H21N3O2. The highest BCUT2D eigenvalue weighted by Crippen LogP contribution is 2.34. The summed E-state index contributed by atoms with van der Waals surface area (Å²) in [5.74, 6) is -0.355. The standard InChI is InChI=1S/C19H21N3O2/c1-2-3-4-7-10-24-19(23)18-15-12-17-16(11-14(15)13-22-18)20-8-5-6-9-21-17/h5-6,8-9,12-13H,2-4,7,10-11H2,1H3. The Morgan fingerprint density at radius 2 is 2.00 bits per heavy atom. The minimum atomic E-state index is -0.355. The first kappa shape index (κ1) is 16.3. The van der Waals surface area contributed by atoms with Gasteiger partial charge in [0.15, 0.2) is 5.71 Å².